The lowest BCUT2D eigenvalue weighted by atomic mass is 10.1. The second kappa shape index (κ2) is 8.02. The SMILES string of the molecule is COc1ccc(C(=O)OCC(=O)C(C#N)=C2N(C)c3ccccc3N2C)c(F)c1. The first-order valence-corrected chi connectivity index (χ1v) is 8.63. The highest BCUT2D eigenvalue weighted by Gasteiger charge is 2.31. The third-order valence-electron chi connectivity index (χ3n) is 4.58. The van der Waals surface area contributed by atoms with Crippen LogP contribution in [0.25, 0.3) is 0 Å². The van der Waals surface area contributed by atoms with Gasteiger partial charge >= 0.3 is 5.97 Å². The van der Waals surface area contributed by atoms with Crippen molar-refractivity contribution in [3.05, 3.63) is 65.2 Å². The van der Waals surface area contributed by atoms with Crippen molar-refractivity contribution in [2.45, 2.75) is 0 Å². The first kappa shape index (κ1) is 19.9. The summed E-state index contributed by atoms with van der Waals surface area (Å²) in [5, 5.41) is 9.56. The molecule has 0 fully saturated rings. The van der Waals surface area contributed by atoms with Crippen molar-refractivity contribution in [2.75, 3.05) is 37.6 Å². The number of carbonyl (C=O) groups is 2. The van der Waals surface area contributed by atoms with Crippen LogP contribution in [0.15, 0.2) is 53.9 Å². The number of methoxy groups -OCH3 is 1. The fraction of sp³-hybridized carbons (Fsp3) is 0.190. The fourth-order valence-electron chi connectivity index (χ4n) is 3.13. The van der Waals surface area contributed by atoms with E-state index in [-0.39, 0.29) is 16.9 Å². The van der Waals surface area contributed by atoms with Crippen LogP contribution in [0.4, 0.5) is 15.8 Å². The first-order valence-electron chi connectivity index (χ1n) is 8.63. The molecule has 0 spiro atoms. The Labute approximate surface area is 167 Å². The van der Waals surface area contributed by atoms with Gasteiger partial charge in [-0.25, -0.2) is 9.18 Å². The van der Waals surface area contributed by atoms with Crippen LogP contribution in [0.5, 0.6) is 5.75 Å². The standard InChI is InChI=1S/C21H18FN3O4/c1-24-17-6-4-5-7-18(17)25(2)20(24)15(11-23)19(26)12-29-21(27)14-9-8-13(28-3)10-16(14)22/h4-10H,12H2,1-3H3. The van der Waals surface area contributed by atoms with Crippen LogP contribution in [-0.2, 0) is 9.53 Å². The normalized spacial score (nSPS) is 12.3. The number of hydrogen-bond donors (Lipinski definition) is 0. The molecule has 0 aliphatic carbocycles. The lowest BCUT2D eigenvalue weighted by molar-refractivity contribution is -0.118. The van der Waals surface area contributed by atoms with E-state index in [9.17, 15) is 19.2 Å². The van der Waals surface area contributed by atoms with Crippen LogP contribution in [-0.4, -0.2) is 39.6 Å². The Morgan fingerprint density at radius 3 is 2.24 bits per heavy atom. The van der Waals surface area contributed by atoms with Crippen LogP contribution in [0, 0.1) is 17.1 Å². The maximum Gasteiger partial charge on any atom is 0.341 e. The number of halogens is 1. The highest BCUT2D eigenvalue weighted by molar-refractivity contribution is 6.04. The molecule has 0 saturated carbocycles. The van der Waals surface area contributed by atoms with Gasteiger partial charge in [-0.05, 0) is 24.3 Å². The molecule has 2 aromatic carbocycles. The van der Waals surface area contributed by atoms with E-state index in [1.807, 2.05) is 30.3 Å². The molecule has 0 saturated heterocycles. The van der Waals surface area contributed by atoms with Gasteiger partial charge < -0.3 is 19.3 Å². The minimum absolute atomic E-state index is 0.158. The Morgan fingerprint density at radius 1 is 1.10 bits per heavy atom. The lowest BCUT2D eigenvalue weighted by Gasteiger charge is -2.19. The zero-order valence-electron chi connectivity index (χ0n) is 16.1. The number of Topliss-reactive ketones (excluding diaryl/α,β-unsaturated/α-hetero) is 1. The van der Waals surface area contributed by atoms with Gasteiger partial charge in [0.15, 0.2) is 6.61 Å². The minimum atomic E-state index is -1.00. The van der Waals surface area contributed by atoms with Crippen LogP contribution >= 0.6 is 0 Å². The molecule has 3 rings (SSSR count). The van der Waals surface area contributed by atoms with Gasteiger partial charge in [-0.2, -0.15) is 5.26 Å². The second-order valence-electron chi connectivity index (χ2n) is 6.26. The maximum absolute atomic E-state index is 14.0. The number of nitriles is 1. The van der Waals surface area contributed by atoms with Gasteiger partial charge in [0.2, 0.25) is 5.78 Å². The summed E-state index contributed by atoms with van der Waals surface area (Å²) in [6.07, 6.45) is 0. The predicted octanol–water partition coefficient (Wildman–Crippen LogP) is 2.88. The zero-order chi connectivity index (χ0) is 21.1. The second-order valence-corrected chi connectivity index (χ2v) is 6.26. The van der Waals surface area contributed by atoms with E-state index in [4.69, 9.17) is 9.47 Å². The molecule has 29 heavy (non-hydrogen) atoms. The molecular formula is C21H18FN3O4. The molecule has 0 bridgehead atoms. The van der Waals surface area contributed by atoms with E-state index in [1.165, 1.54) is 19.2 Å². The molecule has 8 heteroatoms. The molecule has 0 atom stereocenters. The third kappa shape index (κ3) is 3.62. The molecule has 0 radical (unpaired) electrons. The van der Waals surface area contributed by atoms with E-state index >= 15 is 0 Å². The molecule has 7 nitrogen and oxygen atoms in total. The number of carbonyl (C=O) groups excluding carboxylic acids is 2. The van der Waals surface area contributed by atoms with Gasteiger partial charge in [0, 0.05) is 20.2 Å². The van der Waals surface area contributed by atoms with Crippen molar-refractivity contribution in [3.8, 4) is 11.8 Å². The average Bonchev–Trinajstić information content (AvgIpc) is 2.98. The number of fused-ring (bicyclic) bond motifs is 1. The molecule has 0 N–H and O–H groups in total. The Bertz CT molecular complexity index is 1030. The highest BCUT2D eigenvalue weighted by Crippen LogP contribution is 2.40. The van der Waals surface area contributed by atoms with E-state index in [0.717, 1.165) is 17.4 Å². The summed E-state index contributed by atoms with van der Waals surface area (Å²) in [5.41, 5.74) is 1.19. The Morgan fingerprint density at radius 2 is 1.72 bits per heavy atom. The van der Waals surface area contributed by atoms with Crippen LogP contribution in [0.1, 0.15) is 10.4 Å². The molecule has 0 unspecified atom stereocenters. The molecule has 148 valence electrons. The number of anilines is 2. The summed E-state index contributed by atoms with van der Waals surface area (Å²) in [4.78, 5) is 28.2. The van der Waals surface area contributed by atoms with E-state index in [0.29, 0.717) is 5.82 Å². The fourth-order valence-corrected chi connectivity index (χ4v) is 3.13. The van der Waals surface area contributed by atoms with Gasteiger partial charge in [-0.3, -0.25) is 4.79 Å². The Kier molecular flexibility index (Phi) is 5.50. The summed E-state index contributed by atoms with van der Waals surface area (Å²) >= 11 is 0. The molecule has 1 aliphatic heterocycles. The highest BCUT2D eigenvalue weighted by atomic mass is 19.1. The van der Waals surface area contributed by atoms with E-state index < -0.39 is 24.2 Å². The number of ketones is 1. The summed E-state index contributed by atoms with van der Waals surface area (Å²) in [7, 11) is 4.85. The van der Waals surface area contributed by atoms with Crippen LogP contribution in [0.2, 0.25) is 0 Å². The van der Waals surface area contributed by atoms with Crippen molar-refractivity contribution >= 4 is 23.1 Å². The number of benzene rings is 2. The van der Waals surface area contributed by atoms with Gasteiger partial charge in [0.05, 0.1) is 24.0 Å². The van der Waals surface area contributed by atoms with Crippen molar-refractivity contribution in [3.63, 3.8) is 0 Å². The third-order valence-corrected chi connectivity index (χ3v) is 4.58. The van der Waals surface area contributed by atoms with Gasteiger partial charge in [0.25, 0.3) is 0 Å². The molecule has 1 aliphatic rings. The number of para-hydroxylation sites is 2. The quantitative estimate of drug-likeness (QED) is 0.437. The molecule has 2 aromatic rings. The largest absolute Gasteiger partial charge is 0.497 e. The molecular weight excluding hydrogens is 377 g/mol. The van der Waals surface area contributed by atoms with Gasteiger partial charge in [-0.15, -0.1) is 0 Å². The Balaban J connectivity index is 1.79. The molecule has 1 heterocycles. The number of esters is 1. The number of nitrogens with zero attached hydrogens (tertiary/aromatic N) is 3. The number of ether oxygens (including phenoxy) is 2. The Hall–Kier alpha value is -3.86. The smallest absolute Gasteiger partial charge is 0.341 e. The summed E-state index contributed by atoms with van der Waals surface area (Å²) in [6, 6.07) is 13.0. The number of rotatable bonds is 5. The zero-order valence-corrected chi connectivity index (χ0v) is 16.1. The van der Waals surface area contributed by atoms with Crippen molar-refractivity contribution in [2.24, 2.45) is 0 Å². The summed E-state index contributed by atoms with van der Waals surface area (Å²) < 4.78 is 23.8. The predicted molar refractivity (Wildman–Crippen MR) is 104 cm³/mol. The van der Waals surface area contributed by atoms with Crippen molar-refractivity contribution in [1.82, 2.24) is 0 Å². The van der Waals surface area contributed by atoms with Crippen molar-refractivity contribution < 1.29 is 23.5 Å². The van der Waals surface area contributed by atoms with Crippen LogP contribution < -0.4 is 14.5 Å². The van der Waals surface area contributed by atoms with Crippen molar-refractivity contribution in [1.29, 1.82) is 5.26 Å². The number of hydrogen-bond acceptors (Lipinski definition) is 7. The maximum atomic E-state index is 14.0. The minimum Gasteiger partial charge on any atom is -0.497 e. The molecule has 0 aromatic heterocycles. The summed E-state index contributed by atoms with van der Waals surface area (Å²) in [5.74, 6) is -1.89. The monoisotopic (exact) mass is 395 g/mol. The first-order chi connectivity index (χ1) is 13.9. The average molecular weight is 395 g/mol. The van der Waals surface area contributed by atoms with E-state index in [2.05, 4.69) is 0 Å². The van der Waals surface area contributed by atoms with Crippen LogP contribution in [0.3, 0.4) is 0 Å². The van der Waals surface area contributed by atoms with Gasteiger partial charge in [-0.1, -0.05) is 12.1 Å². The lowest BCUT2D eigenvalue weighted by Crippen LogP contribution is -2.28. The van der Waals surface area contributed by atoms with Gasteiger partial charge in [0.1, 0.15) is 29.0 Å². The topological polar surface area (TPSA) is 82.9 Å². The summed E-state index contributed by atoms with van der Waals surface area (Å²) in [6.45, 7) is -0.686. The molecule has 0 amide bonds. The van der Waals surface area contributed by atoms with E-state index in [1.54, 1.807) is 23.9 Å².